The van der Waals surface area contributed by atoms with E-state index >= 15 is 4.39 Å². The molecule has 12 heteroatoms. The molecule has 0 unspecified atom stereocenters. The molecule has 0 aromatic carbocycles. The van der Waals surface area contributed by atoms with Crippen molar-refractivity contribution < 1.29 is 31.9 Å². The molecule has 2 bridgehead atoms. The van der Waals surface area contributed by atoms with Crippen LogP contribution in [-0.2, 0) is 22.1 Å². The highest BCUT2D eigenvalue weighted by Crippen LogP contribution is 2.51. The van der Waals surface area contributed by atoms with Crippen molar-refractivity contribution in [2.75, 3.05) is 31.1 Å². The summed E-state index contributed by atoms with van der Waals surface area (Å²) in [5, 5.41) is 0.513. The minimum Gasteiger partial charge on any atom is -0.444 e. The fourth-order valence-corrected chi connectivity index (χ4v) is 8.62. The largest absolute Gasteiger partial charge is 0.444 e. The molecule has 4 saturated heterocycles. The van der Waals surface area contributed by atoms with E-state index in [1.807, 2.05) is 19.1 Å². The molecule has 2 aliphatic carbocycles. The van der Waals surface area contributed by atoms with Gasteiger partial charge in [-0.25, -0.2) is 14.2 Å². The van der Waals surface area contributed by atoms with Gasteiger partial charge in [0.25, 0.3) is 0 Å². The lowest BCUT2D eigenvalue weighted by atomic mass is 9.68. The van der Waals surface area contributed by atoms with E-state index in [1.165, 1.54) is 16.2 Å². The molecule has 4 atom stereocenters. The van der Waals surface area contributed by atoms with Gasteiger partial charge in [0, 0.05) is 54.0 Å². The standard InChI is InChI=1S/C32H38F4N4O3S/c1-5-18-11-21-25(22(32(34,35)36)12-37-27(21)44-18)38-13-31(14-38)15-39(16-31)28(41)26-19-8-9-23(20(24(19)33)10-17-6-7-17)40(26)29(42)43-30(2,3)4/h10-12,17,19,23-24,26H,5-9,13-16H2,1-4H3/b20-10+/t19-,23+,24-,26+/m1/s1. The molecule has 2 saturated carbocycles. The van der Waals surface area contributed by atoms with E-state index in [-0.39, 0.29) is 17.0 Å². The molecular formula is C32H38F4N4O3S. The van der Waals surface area contributed by atoms with Crippen molar-refractivity contribution in [3.05, 3.63) is 34.4 Å². The summed E-state index contributed by atoms with van der Waals surface area (Å²) in [7, 11) is 0. The third-order valence-electron chi connectivity index (χ3n) is 9.77. The van der Waals surface area contributed by atoms with Crippen molar-refractivity contribution in [2.24, 2.45) is 17.3 Å². The lowest BCUT2D eigenvalue weighted by Gasteiger charge is -2.62. The van der Waals surface area contributed by atoms with Crippen LogP contribution in [0.1, 0.15) is 63.8 Å². The maximum Gasteiger partial charge on any atom is 0.419 e. The highest BCUT2D eigenvalue weighted by atomic mass is 32.1. The molecule has 0 radical (unpaired) electrons. The number of amides is 2. The first-order valence-corrected chi connectivity index (χ1v) is 16.4. The zero-order valence-corrected chi connectivity index (χ0v) is 26.2. The van der Waals surface area contributed by atoms with Gasteiger partial charge in [-0.2, -0.15) is 13.2 Å². The summed E-state index contributed by atoms with van der Waals surface area (Å²) >= 11 is 1.41. The number of ether oxygens (including phenoxy) is 1. The highest BCUT2D eigenvalue weighted by Gasteiger charge is 2.61. The molecule has 8 rings (SSSR count). The number of hydrogen-bond acceptors (Lipinski definition) is 6. The van der Waals surface area contributed by atoms with Crippen molar-refractivity contribution in [1.29, 1.82) is 0 Å². The molecule has 238 valence electrons. The molecule has 6 aliphatic rings. The zero-order chi connectivity index (χ0) is 31.3. The Morgan fingerprint density at radius 1 is 1.11 bits per heavy atom. The van der Waals surface area contributed by atoms with E-state index in [0.29, 0.717) is 67.1 Å². The smallest absolute Gasteiger partial charge is 0.419 e. The van der Waals surface area contributed by atoms with Gasteiger partial charge in [0.15, 0.2) is 0 Å². The first-order valence-electron chi connectivity index (χ1n) is 15.6. The number of anilines is 1. The lowest BCUT2D eigenvalue weighted by Crippen LogP contribution is -2.76. The molecule has 0 N–H and O–H groups in total. The van der Waals surface area contributed by atoms with Crippen LogP contribution in [0.4, 0.5) is 28.0 Å². The molecule has 2 aromatic rings. The van der Waals surface area contributed by atoms with Gasteiger partial charge in [0.05, 0.1) is 17.3 Å². The number of piperidine rings is 2. The Morgan fingerprint density at radius 2 is 1.82 bits per heavy atom. The van der Waals surface area contributed by atoms with Crippen LogP contribution < -0.4 is 4.90 Å². The Labute approximate surface area is 258 Å². The predicted molar refractivity (Wildman–Crippen MR) is 159 cm³/mol. The molecule has 7 nitrogen and oxygen atoms in total. The minimum atomic E-state index is -4.55. The van der Waals surface area contributed by atoms with Crippen LogP contribution in [0.25, 0.3) is 10.2 Å². The van der Waals surface area contributed by atoms with Crippen molar-refractivity contribution in [3.63, 3.8) is 0 Å². The summed E-state index contributed by atoms with van der Waals surface area (Å²) < 4.78 is 63.9. The van der Waals surface area contributed by atoms with E-state index in [4.69, 9.17) is 4.74 Å². The van der Waals surface area contributed by atoms with Crippen LogP contribution in [0.3, 0.4) is 0 Å². The van der Waals surface area contributed by atoms with Crippen molar-refractivity contribution in [1.82, 2.24) is 14.8 Å². The topological polar surface area (TPSA) is 66.0 Å². The number of carbonyl (C=O) groups excluding carboxylic acids is 2. The number of fused-ring (bicyclic) bond motifs is 4. The van der Waals surface area contributed by atoms with Crippen LogP contribution in [-0.4, -0.2) is 76.8 Å². The van der Waals surface area contributed by atoms with E-state index in [1.54, 1.807) is 30.6 Å². The highest BCUT2D eigenvalue weighted by molar-refractivity contribution is 7.18. The number of alkyl halides is 4. The van der Waals surface area contributed by atoms with Gasteiger partial charge >= 0.3 is 12.3 Å². The number of aryl methyl sites for hydroxylation is 1. The summed E-state index contributed by atoms with van der Waals surface area (Å²) in [5.41, 5.74) is -1.10. The van der Waals surface area contributed by atoms with Crippen LogP contribution in [0.5, 0.6) is 0 Å². The third kappa shape index (κ3) is 4.95. The number of carbonyl (C=O) groups is 2. The summed E-state index contributed by atoms with van der Waals surface area (Å²) in [4.78, 5) is 38.1. The average Bonchev–Trinajstić information content (AvgIpc) is 3.61. The molecule has 1 spiro atoms. The van der Waals surface area contributed by atoms with Crippen LogP contribution in [0.2, 0.25) is 0 Å². The zero-order valence-electron chi connectivity index (χ0n) is 25.4. The normalized spacial score (nSPS) is 28.9. The Bertz CT molecular complexity index is 1530. The second-order valence-electron chi connectivity index (χ2n) is 14.3. The van der Waals surface area contributed by atoms with Gasteiger partial charge in [-0.3, -0.25) is 9.69 Å². The van der Waals surface area contributed by atoms with Gasteiger partial charge in [0.2, 0.25) is 5.91 Å². The van der Waals surface area contributed by atoms with E-state index in [9.17, 15) is 22.8 Å². The van der Waals surface area contributed by atoms with Gasteiger partial charge in [-0.05, 0) is 70.4 Å². The summed E-state index contributed by atoms with van der Waals surface area (Å²) in [6.45, 7) is 8.74. The molecule has 6 fully saturated rings. The van der Waals surface area contributed by atoms with Crippen molar-refractivity contribution in [2.45, 2.75) is 89.8 Å². The van der Waals surface area contributed by atoms with Gasteiger partial charge < -0.3 is 14.5 Å². The second-order valence-corrected chi connectivity index (χ2v) is 15.5. The van der Waals surface area contributed by atoms with Gasteiger partial charge in [0.1, 0.15) is 22.6 Å². The number of allylic oxidation sites excluding steroid dienone is 1. The second kappa shape index (κ2) is 10.1. The molecule has 2 aromatic heterocycles. The number of halogens is 4. The Balaban J connectivity index is 1.10. The fraction of sp³-hybridized carbons (Fsp3) is 0.656. The first kappa shape index (κ1) is 29.8. The number of hydrogen-bond donors (Lipinski definition) is 0. The Kier molecular flexibility index (Phi) is 6.81. The third-order valence-corrected chi connectivity index (χ3v) is 11.0. The quantitative estimate of drug-likeness (QED) is 0.280. The maximum atomic E-state index is 15.9. The summed E-state index contributed by atoms with van der Waals surface area (Å²) in [6.07, 6.45) is 0.303. The predicted octanol–water partition coefficient (Wildman–Crippen LogP) is 6.60. The van der Waals surface area contributed by atoms with E-state index in [0.717, 1.165) is 23.9 Å². The lowest BCUT2D eigenvalue weighted by molar-refractivity contribution is -0.159. The monoisotopic (exact) mass is 634 g/mol. The molecule has 4 aliphatic heterocycles. The molecule has 6 heterocycles. The van der Waals surface area contributed by atoms with Gasteiger partial charge in [-0.1, -0.05) is 13.0 Å². The number of rotatable bonds is 4. The maximum absolute atomic E-state index is 15.9. The van der Waals surface area contributed by atoms with Crippen LogP contribution >= 0.6 is 11.3 Å². The summed E-state index contributed by atoms with van der Waals surface area (Å²) in [5.74, 6) is -0.614. The van der Waals surface area contributed by atoms with Crippen LogP contribution in [0.15, 0.2) is 23.9 Å². The van der Waals surface area contributed by atoms with Crippen LogP contribution in [0, 0.1) is 17.3 Å². The van der Waals surface area contributed by atoms with E-state index < -0.39 is 47.6 Å². The average molecular weight is 635 g/mol. The summed E-state index contributed by atoms with van der Waals surface area (Å²) in [6, 6.07) is 0.336. The Morgan fingerprint density at radius 3 is 2.43 bits per heavy atom. The number of likely N-dealkylation sites (tertiary alicyclic amines) is 1. The SMILES string of the molecule is CCc1cc2c(N3CC4(CN(C(=O)[C@@H]5[C@@H]6CC[C@@H](/C(=C\C7CC7)[C@@H]6F)N5C(=O)OC(C)(C)C)C4)C3)c(C(F)(F)F)cnc2s1. The number of thiophene rings is 1. The van der Waals surface area contributed by atoms with E-state index in [2.05, 4.69) is 4.98 Å². The van der Waals surface area contributed by atoms with Crippen molar-refractivity contribution in [3.8, 4) is 0 Å². The van der Waals surface area contributed by atoms with Crippen molar-refractivity contribution >= 4 is 39.2 Å². The molecular weight excluding hydrogens is 596 g/mol. The molecule has 2 amide bonds. The number of pyridine rings is 1. The molecule has 44 heavy (non-hydrogen) atoms. The first-order chi connectivity index (χ1) is 20.7. The Hall–Kier alpha value is -2.89. The van der Waals surface area contributed by atoms with Gasteiger partial charge in [-0.15, -0.1) is 11.3 Å². The number of nitrogens with zero attached hydrogens (tertiary/aromatic N) is 4. The minimum absolute atomic E-state index is 0.157. The number of aromatic nitrogens is 1. The fourth-order valence-electron chi connectivity index (χ4n) is 7.68.